The number of nitrogens with one attached hydrogen (secondary N) is 11. The van der Waals surface area contributed by atoms with Crippen molar-refractivity contribution in [3.05, 3.63) is 59.7 Å². The van der Waals surface area contributed by atoms with Crippen LogP contribution in [0.15, 0.2) is 53.6 Å². The number of likely N-dealkylation sites (tertiary alicyclic amines) is 1. The maximum absolute atomic E-state index is 15.0. The number of carbonyl (C=O) groups excluding carboxylic acids is 13. The quantitative estimate of drug-likeness (QED) is 0.0491. The van der Waals surface area contributed by atoms with Crippen molar-refractivity contribution in [1.29, 1.82) is 0 Å². The third-order valence-electron chi connectivity index (χ3n) is 15.6. The second-order valence-electron chi connectivity index (χ2n) is 22.0. The van der Waals surface area contributed by atoms with Crippen molar-refractivity contribution in [3.63, 3.8) is 0 Å². The molecule has 13 amide bonds. The molecule has 5 heterocycles. The van der Waals surface area contributed by atoms with Crippen LogP contribution in [0.2, 0.25) is 0 Å². The molecule has 10 atom stereocenters. The van der Waals surface area contributed by atoms with Gasteiger partial charge in [0, 0.05) is 73.2 Å². The molecule has 2 saturated heterocycles. The Morgan fingerprint density at radius 3 is 2.21 bits per heavy atom. The lowest BCUT2D eigenvalue weighted by atomic mass is 9.91. The van der Waals surface area contributed by atoms with Crippen LogP contribution in [0.25, 0.3) is 10.9 Å². The Labute approximate surface area is 510 Å². The second kappa shape index (κ2) is 31.0. The number of thioether (sulfide) groups is 1. The summed E-state index contributed by atoms with van der Waals surface area (Å²) in [6.07, 6.45) is -1.64. The molecule has 3 aromatic rings. The number of nitrogens with zero attached hydrogens (tertiary/aromatic N) is 2. The average molecular weight is 1250 g/mol. The van der Waals surface area contributed by atoms with Gasteiger partial charge in [0.15, 0.2) is 0 Å². The van der Waals surface area contributed by atoms with Gasteiger partial charge in [-0.2, -0.15) is 12.6 Å². The number of anilines is 1. The molecule has 2 aromatic carbocycles. The fourth-order valence-corrected chi connectivity index (χ4v) is 11.9. The zero-order valence-corrected chi connectivity index (χ0v) is 50.1. The van der Waals surface area contributed by atoms with Gasteiger partial charge in [0.25, 0.3) is 0 Å². The summed E-state index contributed by atoms with van der Waals surface area (Å²) in [6, 6.07) is 6.06. The summed E-state index contributed by atoms with van der Waals surface area (Å²) in [5.41, 5.74) is 2.00. The number of aliphatic hydroxyl groups excluding tert-OH is 2. The van der Waals surface area contributed by atoms with E-state index in [0.717, 1.165) is 16.7 Å². The molecule has 0 saturated carbocycles. The van der Waals surface area contributed by atoms with Gasteiger partial charge in [0.2, 0.25) is 76.8 Å². The summed E-state index contributed by atoms with van der Waals surface area (Å²) < 4.78 is 0. The molecule has 2 bridgehead atoms. The highest BCUT2D eigenvalue weighted by Gasteiger charge is 2.41. The number of aromatic nitrogens is 1. The smallest absolute Gasteiger partial charge is 0.246 e. The van der Waals surface area contributed by atoms with Crippen LogP contribution in [0.4, 0.5) is 5.69 Å². The molecule has 28 nitrogen and oxygen atoms in total. The molecule has 87 heavy (non-hydrogen) atoms. The first-order valence-corrected chi connectivity index (χ1v) is 30.3. The molecule has 0 aliphatic carbocycles. The van der Waals surface area contributed by atoms with Crippen molar-refractivity contribution in [1.82, 2.24) is 62.6 Å². The van der Waals surface area contributed by atoms with Gasteiger partial charge < -0.3 is 73.3 Å². The normalized spacial score (nSPS) is 23.8. The fourth-order valence-electron chi connectivity index (χ4n) is 10.5. The van der Waals surface area contributed by atoms with Crippen LogP contribution in [0.3, 0.4) is 0 Å². The minimum absolute atomic E-state index is 0.0629. The number of carbonyl (C=O) groups is 13. The van der Waals surface area contributed by atoms with Crippen LogP contribution in [0.5, 0.6) is 0 Å². The van der Waals surface area contributed by atoms with Gasteiger partial charge in [-0.1, -0.05) is 50.6 Å². The van der Waals surface area contributed by atoms with Crippen molar-refractivity contribution < 1.29 is 72.5 Å². The third-order valence-corrected chi connectivity index (χ3v) is 17.1. The largest absolute Gasteiger partial charge is 0.394 e. The first-order chi connectivity index (χ1) is 41.5. The highest BCUT2D eigenvalue weighted by atomic mass is 32.2. The molecule has 1 aromatic heterocycles. The molecule has 4 aliphatic rings. The van der Waals surface area contributed by atoms with Crippen LogP contribution in [0, 0.1) is 11.8 Å². The Morgan fingerprint density at radius 2 is 1.51 bits per heavy atom. The second-order valence-corrected chi connectivity index (χ2v) is 23.7. The Bertz CT molecular complexity index is 3110. The van der Waals surface area contributed by atoms with E-state index in [0.29, 0.717) is 52.0 Å². The number of aromatic amines is 1. The monoisotopic (exact) mass is 1250 g/mol. The molecule has 0 spiro atoms. The molecule has 30 heteroatoms. The maximum atomic E-state index is 15.0. The highest BCUT2D eigenvalue weighted by molar-refractivity contribution is 7.99. The van der Waals surface area contributed by atoms with Crippen LogP contribution in [0.1, 0.15) is 83.3 Å². The number of aliphatic hydroxyl groups is 2. The summed E-state index contributed by atoms with van der Waals surface area (Å²) in [4.78, 5) is 181. The lowest BCUT2D eigenvalue weighted by molar-refractivity contribution is -0.140. The van der Waals surface area contributed by atoms with E-state index >= 15 is 0 Å². The summed E-state index contributed by atoms with van der Waals surface area (Å²) in [5.74, 6) is -10.6. The predicted octanol–water partition coefficient (Wildman–Crippen LogP) is -2.50. The van der Waals surface area contributed by atoms with E-state index < -0.39 is 169 Å². The van der Waals surface area contributed by atoms with E-state index in [-0.39, 0.29) is 57.5 Å². The SMILES string of the molecule is CC[C@H](C)[C@@H]1NC(=O)CNC(=O)[C@H]2Cc3c([nH]c4ccccc34)SC[C@@H](NC(=O)CNC1=O)C(=O)N[C@@H](CC(=O)NCc1ccc(NC(=O)[C@H](C)NC(=O)CNC(=O)CCN3C(=O)CC(S)C3=O)cc1)C(=O)N1CCCC1C[C@@H](C[C@@H](O)CO)C(=O)N2. The standard InChI is InChI=1S/C57H75N13O15S2/c1-4-29(2)49-54(83)61-25-46(76)64-41-28-87-55-37(36-9-5-6-10-38(36)67-55)20-39(52(81)60-26-47(77)68-49)65-51(80)32(19-35(72)27-71)18-34-8-7-16-69(34)56(84)40(66-53(41)82)21-44(74)58-23-31-11-13-33(14-12-31)63-50(79)30(3)62-45(75)24-59-43(73)15-17-70-48(78)22-42(86)57(70)85/h5-6,9-14,29-30,32,34-35,39-42,49,67,71-72,86H,4,7-8,15-28H2,1-3H3,(H,58,74)(H,59,73)(H,60,81)(H,61,83)(H,62,75)(H,63,79)(H,64,76)(H,65,80)(H,66,82)(H,68,77)/t29-,30-,32-,34?,35+,39+,40-,41+,42?,49-/m0/s1. The van der Waals surface area contributed by atoms with Gasteiger partial charge >= 0.3 is 0 Å². The van der Waals surface area contributed by atoms with Crippen molar-refractivity contribution >= 4 is 118 Å². The predicted molar refractivity (Wildman–Crippen MR) is 317 cm³/mol. The van der Waals surface area contributed by atoms with Crippen molar-refractivity contribution in [2.45, 2.75) is 138 Å². The number of hydrogen-bond acceptors (Lipinski definition) is 17. The van der Waals surface area contributed by atoms with Gasteiger partial charge in [0.05, 0.1) is 49.0 Å². The van der Waals surface area contributed by atoms with Gasteiger partial charge in [-0.05, 0) is 67.9 Å². The molecule has 13 N–H and O–H groups in total. The lowest BCUT2D eigenvalue weighted by Crippen LogP contribution is -2.58. The van der Waals surface area contributed by atoms with E-state index in [1.807, 2.05) is 0 Å². The van der Waals surface area contributed by atoms with Gasteiger partial charge in [-0.15, -0.1) is 11.8 Å². The van der Waals surface area contributed by atoms with E-state index in [1.165, 1.54) is 24.0 Å². The van der Waals surface area contributed by atoms with E-state index in [1.54, 1.807) is 50.2 Å². The number of amides is 13. The first-order valence-electron chi connectivity index (χ1n) is 28.8. The first kappa shape index (κ1) is 66.4. The Balaban J connectivity index is 1.09. The lowest BCUT2D eigenvalue weighted by Gasteiger charge is -2.32. The number of benzene rings is 2. The van der Waals surface area contributed by atoms with Crippen LogP contribution >= 0.6 is 24.4 Å². The molecule has 2 fully saturated rings. The Hall–Kier alpha value is -8.09. The van der Waals surface area contributed by atoms with Crippen LogP contribution in [-0.4, -0.2) is 194 Å². The Kier molecular flexibility index (Phi) is 23.7. The van der Waals surface area contributed by atoms with Crippen molar-refractivity contribution in [2.75, 3.05) is 50.4 Å². The highest BCUT2D eigenvalue weighted by Crippen LogP contribution is 2.33. The summed E-state index contributed by atoms with van der Waals surface area (Å²) >= 11 is 5.12. The Morgan fingerprint density at radius 1 is 0.793 bits per heavy atom. The summed E-state index contributed by atoms with van der Waals surface area (Å²) in [7, 11) is 0. The third kappa shape index (κ3) is 18.2. The van der Waals surface area contributed by atoms with Crippen LogP contribution < -0.4 is 53.2 Å². The van der Waals surface area contributed by atoms with Gasteiger partial charge in [-0.3, -0.25) is 67.2 Å². The minimum Gasteiger partial charge on any atom is -0.394 e. The summed E-state index contributed by atoms with van der Waals surface area (Å²) in [5, 5.41) is 47.4. The number of rotatable bonds is 17. The fraction of sp³-hybridized carbons (Fsp3) is 0.526. The minimum atomic E-state index is -1.57. The molecular formula is C57H75N13O15S2. The van der Waals surface area contributed by atoms with E-state index in [9.17, 15) is 72.5 Å². The molecular weight excluding hydrogens is 1170 g/mol. The number of fused-ring (bicyclic) bond motifs is 5. The molecule has 0 radical (unpaired) electrons. The zero-order chi connectivity index (χ0) is 63.1. The van der Waals surface area contributed by atoms with E-state index in [4.69, 9.17) is 0 Å². The van der Waals surface area contributed by atoms with Crippen molar-refractivity contribution in [2.24, 2.45) is 11.8 Å². The zero-order valence-electron chi connectivity index (χ0n) is 48.4. The molecule has 7 rings (SSSR count). The number of imide groups is 1. The molecule has 2 unspecified atom stereocenters. The van der Waals surface area contributed by atoms with E-state index in [2.05, 4.69) is 70.8 Å². The molecule has 4 aliphatic heterocycles. The maximum Gasteiger partial charge on any atom is 0.246 e. The van der Waals surface area contributed by atoms with Crippen LogP contribution in [-0.2, 0) is 75.3 Å². The number of H-pyrrole nitrogens is 1. The topological polar surface area (TPSA) is 405 Å². The van der Waals surface area contributed by atoms with Gasteiger partial charge in [0.1, 0.15) is 30.2 Å². The summed E-state index contributed by atoms with van der Waals surface area (Å²) in [6.45, 7) is 2.36. The molecule has 470 valence electrons. The van der Waals surface area contributed by atoms with Crippen molar-refractivity contribution in [3.8, 4) is 0 Å². The average Bonchev–Trinajstić information content (AvgIpc) is 2.06. The number of thiol groups is 1. The number of para-hydroxylation sites is 1. The number of hydrogen-bond donors (Lipinski definition) is 14. The van der Waals surface area contributed by atoms with Gasteiger partial charge in [-0.25, -0.2) is 0 Å².